The van der Waals surface area contributed by atoms with Gasteiger partial charge in [0.15, 0.2) is 0 Å². The first kappa shape index (κ1) is 26.0. The molecule has 1 atom stereocenters. The lowest BCUT2D eigenvalue weighted by Gasteiger charge is -2.50. The molecule has 188 valence electrons. The highest BCUT2D eigenvalue weighted by atomic mass is 35.5. The number of amides is 2. The molecule has 2 aromatic carbocycles. The Morgan fingerprint density at radius 3 is 2.49 bits per heavy atom. The van der Waals surface area contributed by atoms with Gasteiger partial charge in [-0.1, -0.05) is 60.7 Å². The Bertz CT molecular complexity index is 1110. The topological polar surface area (TPSA) is 90.5 Å². The molecule has 1 unspecified atom stereocenters. The maximum atomic E-state index is 14.0. The summed E-state index contributed by atoms with van der Waals surface area (Å²) in [6, 6.07) is 13.2. The predicted molar refractivity (Wildman–Crippen MR) is 140 cm³/mol. The number of carbonyl (C=O) groups excluding carboxylic acids is 2. The van der Waals surface area contributed by atoms with Gasteiger partial charge >= 0.3 is 0 Å². The van der Waals surface area contributed by atoms with Crippen molar-refractivity contribution < 1.29 is 14.7 Å². The van der Waals surface area contributed by atoms with Crippen LogP contribution < -0.4 is 16.0 Å². The second-order valence-electron chi connectivity index (χ2n) is 10.4. The van der Waals surface area contributed by atoms with E-state index in [2.05, 4.69) is 16.0 Å². The molecule has 0 radical (unpaired) electrons. The number of hydrogen-bond acceptors (Lipinski definition) is 4. The summed E-state index contributed by atoms with van der Waals surface area (Å²) in [5.41, 5.74) is 0.209. The Kier molecular flexibility index (Phi) is 7.49. The van der Waals surface area contributed by atoms with E-state index >= 15 is 0 Å². The molecule has 1 heterocycles. The van der Waals surface area contributed by atoms with Gasteiger partial charge in [0.2, 0.25) is 11.8 Å². The molecule has 1 saturated carbocycles. The highest BCUT2D eigenvalue weighted by Gasteiger charge is 2.60. The number of halogens is 2. The van der Waals surface area contributed by atoms with Crippen LogP contribution in [0.2, 0.25) is 10.0 Å². The standard InChI is InChI=1S/C27H33Cl2N3O3/c1-25(2,17-33)32-23(34)16-30-26(11-4-3-5-12-26)27(15-18-7-6-8-19(28)13-18)21-10-9-20(29)14-22(21)31-24(27)35/h6-10,13-14,30,33H,3-5,11-12,15-17H2,1-2H3,(H,31,35)(H,32,34). The minimum atomic E-state index is -0.954. The first-order valence-electron chi connectivity index (χ1n) is 12.1. The molecular formula is C27H33Cl2N3O3. The molecule has 6 nitrogen and oxygen atoms in total. The van der Waals surface area contributed by atoms with Crippen LogP contribution in [0.5, 0.6) is 0 Å². The van der Waals surface area contributed by atoms with E-state index in [1.807, 2.05) is 36.4 Å². The Balaban J connectivity index is 1.79. The maximum absolute atomic E-state index is 14.0. The summed E-state index contributed by atoms with van der Waals surface area (Å²) in [6.07, 6.45) is 4.91. The first-order valence-corrected chi connectivity index (χ1v) is 12.9. The monoisotopic (exact) mass is 517 g/mol. The van der Waals surface area contributed by atoms with Crippen LogP contribution in [-0.4, -0.2) is 41.2 Å². The quantitative estimate of drug-likeness (QED) is 0.411. The number of anilines is 1. The normalized spacial score (nSPS) is 21.3. The zero-order valence-electron chi connectivity index (χ0n) is 20.2. The van der Waals surface area contributed by atoms with Crippen molar-refractivity contribution in [2.24, 2.45) is 0 Å². The zero-order chi connectivity index (χ0) is 25.3. The molecule has 1 aliphatic heterocycles. The van der Waals surface area contributed by atoms with E-state index in [0.29, 0.717) is 22.2 Å². The van der Waals surface area contributed by atoms with Crippen LogP contribution in [0, 0.1) is 0 Å². The molecule has 2 aliphatic rings. The second-order valence-corrected chi connectivity index (χ2v) is 11.3. The average molecular weight is 518 g/mol. The van der Waals surface area contributed by atoms with Gasteiger partial charge in [-0.3, -0.25) is 9.59 Å². The van der Waals surface area contributed by atoms with Crippen LogP contribution >= 0.6 is 23.2 Å². The SMILES string of the molecule is CC(C)(CO)NC(=O)CNC1(C2(Cc3cccc(Cl)c3)C(=O)Nc3cc(Cl)ccc32)CCCCC1. The molecule has 0 spiro atoms. The fourth-order valence-corrected chi connectivity index (χ4v) is 6.12. The molecule has 4 rings (SSSR count). The number of fused-ring (bicyclic) bond motifs is 1. The van der Waals surface area contributed by atoms with E-state index in [0.717, 1.165) is 43.2 Å². The van der Waals surface area contributed by atoms with Crippen molar-refractivity contribution in [2.75, 3.05) is 18.5 Å². The summed E-state index contributed by atoms with van der Waals surface area (Å²) in [5.74, 6) is -0.318. The van der Waals surface area contributed by atoms with E-state index in [4.69, 9.17) is 23.2 Å². The van der Waals surface area contributed by atoms with Crippen molar-refractivity contribution >= 4 is 40.7 Å². The number of aliphatic hydroxyl groups is 1. The van der Waals surface area contributed by atoms with Gasteiger partial charge < -0.3 is 21.1 Å². The van der Waals surface area contributed by atoms with Crippen molar-refractivity contribution in [3.63, 3.8) is 0 Å². The number of benzene rings is 2. The molecule has 8 heteroatoms. The second kappa shape index (κ2) is 10.1. The third-order valence-electron chi connectivity index (χ3n) is 7.42. The van der Waals surface area contributed by atoms with E-state index in [9.17, 15) is 14.7 Å². The highest BCUT2D eigenvalue weighted by molar-refractivity contribution is 6.31. The van der Waals surface area contributed by atoms with Crippen molar-refractivity contribution in [1.29, 1.82) is 0 Å². The molecule has 0 saturated heterocycles. The molecule has 1 aliphatic carbocycles. The third-order valence-corrected chi connectivity index (χ3v) is 7.89. The smallest absolute Gasteiger partial charge is 0.237 e. The van der Waals surface area contributed by atoms with Crippen LogP contribution in [-0.2, 0) is 21.4 Å². The number of aliphatic hydroxyl groups excluding tert-OH is 1. The average Bonchev–Trinajstić information content (AvgIpc) is 3.09. The summed E-state index contributed by atoms with van der Waals surface area (Å²) < 4.78 is 0. The minimum absolute atomic E-state index is 0.0386. The summed E-state index contributed by atoms with van der Waals surface area (Å²) in [5, 5.41) is 20.3. The van der Waals surface area contributed by atoms with E-state index in [1.54, 1.807) is 19.9 Å². The summed E-state index contributed by atoms with van der Waals surface area (Å²) in [7, 11) is 0. The van der Waals surface area contributed by atoms with Gasteiger partial charge in [-0.15, -0.1) is 0 Å². The minimum Gasteiger partial charge on any atom is -0.394 e. The van der Waals surface area contributed by atoms with Crippen LogP contribution in [0.25, 0.3) is 0 Å². The van der Waals surface area contributed by atoms with Crippen molar-refractivity contribution in [2.45, 2.75) is 68.9 Å². The molecule has 0 bridgehead atoms. The predicted octanol–water partition coefficient (Wildman–Crippen LogP) is 4.61. The Hall–Kier alpha value is -2.12. The van der Waals surface area contributed by atoms with Crippen LogP contribution in [0.1, 0.15) is 57.1 Å². The molecule has 1 fully saturated rings. The number of nitrogens with one attached hydrogen (secondary N) is 3. The molecular weight excluding hydrogens is 485 g/mol. The maximum Gasteiger partial charge on any atom is 0.237 e. The Morgan fingerprint density at radius 1 is 1.09 bits per heavy atom. The highest BCUT2D eigenvalue weighted by Crippen LogP contribution is 2.53. The summed E-state index contributed by atoms with van der Waals surface area (Å²) in [4.78, 5) is 26.9. The van der Waals surface area contributed by atoms with Gasteiger partial charge in [0, 0.05) is 21.3 Å². The van der Waals surface area contributed by atoms with Gasteiger partial charge in [0.05, 0.1) is 24.1 Å². The number of rotatable bonds is 8. The van der Waals surface area contributed by atoms with Crippen LogP contribution in [0.4, 0.5) is 5.69 Å². The summed E-state index contributed by atoms with van der Waals surface area (Å²) >= 11 is 12.6. The first-order chi connectivity index (χ1) is 16.6. The van der Waals surface area contributed by atoms with Gasteiger partial charge in [0.25, 0.3) is 0 Å². The number of carbonyl (C=O) groups is 2. The summed E-state index contributed by atoms with van der Waals surface area (Å²) in [6.45, 7) is 3.41. The molecule has 2 aromatic rings. The van der Waals surface area contributed by atoms with Crippen molar-refractivity contribution in [3.05, 3.63) is 63.6 Å². The van der Waals surface area contributed by atoms with Crippen LogP contribution in [0.3, 0.4) is 0 Å². The van der Waals surface area contributed by atoms with Gasteiger partial charge in [-0.05, 0) is 68.5 Å². The third kappa shape index (κ3) is 5.08. The van der Waals surface area contributed by atoms with Crippen molar-refractivity contribution in [1.82, 2.24) is 10.6 Å². The lowest BCUT2D eigenvalue weighted by molar-refractivity contribution is -0.127. The zero-order valence-corrected chi connectivity index (χ0v) is 21.7. The molecule has 35 heavy (non-hydrogen) atoms. The van der Waals surface area contributed by atoms with E-state index in [-0.39, 0.29) is 25.0 Å². The van der Waals surface area contributed by atoms with Gasteiger partial charge in [-0.2, -0.15) is 0 Å². The fourth-order valence-electron chi connectivity index (χ4n) is 5.74. The lowest BCUT2D eigenvalue weighted by Crippen LogP contribution is -2.67. The van der Waals surface area contributed by atoms with Crippen LogP contribution in [0.15, 0.2) is 42.5 Å². The van der Waals surface area contributed by atoms with Gasteiger partial charge in [-0.25, -0.2) is 0 Å². The number of hydrogen-bond donors (Lipinski definition) is 4. The largest absolute Gasteiger partial charge is 0.394 e. The molecule has 0 aromatic heterocycles. The van der Waals surface area contributed by atoms with E-state index < -0.39 is 16.5 Å². The van der Waals surface area contributed by atoms with Crippen molar-refractivity contribution in [3.8, 4) is 0 Å². The van der Waals surface area contributed by atoms with Gasteiger partial charge in [0.1, 0.15) is 0 Å². The Labute approximate surface area is 216 Å². The molecule has 2 amide bonds. The lowest BCUT2D eigenvalue weighted by atomic mass is 9.57. The molecule has 4 N–H and O–H groups in total. The Morgan fingerprint density at radius 2 is 1.80 bits per heavy atom. The van der Waals surface area contributed by atoms with E-state index in [1.165, 1.54) is 0 Å². The fraction of sp³-hybridized carbons (Fsp3) is 0.481.